The molecule has 2 heterocycles. The predicted molar refractivity (Wildman–Crippen MR) is 82.0 cm³/mol. The van der Waals surface area contributed by atoms with Gasteiger partial charge < -0.3 is 10.1 Å². The molecular formula is C16H23NO3S. The molecule has 5 heteroatoms. The SMILES string of the molecule is CCC1OCCC1CNC1CCS(=O)(=O)c2ccccc21. The van der Waals surface area contributed by atoms with Crippen LogP contribution in [-0.2, 0) is 14.6 Å². The van der Waals surface area contributed by atoms with Crippen LogP contribution in [0.25, 0.3) is 0 Å². The summed E-state index contributed by atoms with van der Waals surface area (Å²) in [7, 11) is -3.09. The van der Waals surface area contributed by atoms with Gasteiger partial charge in [-0.15, -0.1) is 0 Å². The summed E-state index contributed by atoms with van der Waals surface area (Å²) in [6.45, 7) is 3.91. The number of ether oxygens (including phenoxy) is 1. The molecular weight excluding hydrogens is 286 g/mol. The number of hydrogen-bond acceptors (Lipinski definition) is 4. The highest BCUT2D eigenvalue weighted by atomic mass is 32.2. The van der Waals surface area contributed by atoms with Crippen LogP contribution < -0.4 is 5.32 Å². The average Bonchev–Trinajstić information content (AvgIpc) is 2.94. The quantitative estimate of drug-likeness (QED) is 0.927. The minimum absolute atomic E-state index is 0.142. The monoisotopic (exact) mass is 309 g/mol. The molecule has 116 valence electrons. The predicted octanol–water partition coefficient (Wildman–Crippen LogP) is 2.31. The fourth-order valence-electron chi connectivity index (χ4n) is 3.47. The van der Waals surface area contributed by atoms with E-state index >= 15 is 0 Å². The molecule has 1 saturated heterocycles. The summed E-state index contributed by atoms with van der Waals surface area (Å²) in [5.41, 5.74) is 0.927. The summed E-state index contributed by atoms with van der Waals surface area (Å²) in [5, 5.41) is 3.58. The Bertz CT molecular complexity index is 599. The lowest BCUT2D eigenvalue weighted by Crippen LogP contribution is -2.34. The average molecular weight is 309 g/mol. The van der Waals surface area contributed by atoms with Gasteiger partial charge in [-0.05, 0) is 36.8 Å². The maximum Gasteiger partial charge on any atom is 0.178 e. The molecule has 3 unspecified atom stereocenters. The second kappa shape index (κ2) is 6.07. The molecule has 1 aromatic carbocycles. The summed E-state index contributed by atoms with van der Waals surface area (Å²) in [6.07, 6.45) is 3.14. The molecule has 1 N–H and O–H groups in total. The Morgan fingerprint density at radius 3 is 2.90 bits per heavy atom. The molecule has 0 saturated carbocycles. The molecule has 0 bridgehead atoms. The van der Waals surface area contributed by atoms with Gasteiger partial charge in [0.05, 0.1) is 16.8 Å². The fourth-order valence-corrected chi connectivity index (χ4v) is 5.09. The first-order valence-corrected chi connectivity index (χ1v) is 9.43. The van der Waals surface area contributed by atoms with Gasteiger partial charge in [-0.2, -0.15) is 0 Å². The van der Waals surface area contributed by atoms with E-state index in [4.69, 9.17) is 4.74 Å². The number of nitrogens with one attached hydrogen (secondary N) is 1. The van der Waals surface area contributed by atoms with Crippen molar-refractivity contribution in [2.45, 2.75) is 43.2 Å². The first kappa shape index (κ1) is 15.0. The van der Waals surface area contributed by atoms with Gasteiger partial charge in [-0.3, -0.25) is 0 Å². The zero-order valence-corrected chi connectivity index (χ0v) is 13.2. The van der Waals surface area contributed by atoms with E-state index in [9.17, 15) is 8.42 Å². The largest absolute Gasteiger partial charge is 0.378 e. The normalized spacial score (nSPS) is 31.0. The van der Waals surface area contributed by atoms with Gasteiger partial charge in [0.2, 0.25) is 0 Å². The van der Waals surface area contributed by atoms with Crippen molar-refractivity contribution in [3.8, 4) is 0 Å². The zero-order valence-electron chi connectivity index (χ0n) is 12.4. The summed E-state index contributed by atoms with van der Waals surface area (Å²) < 4.78 is 30.0. The van der Waals surface area contributed by atoms with Crippen LogP contribution in [-0.4, -0.2) is 33.4 Å². The molecule has 21 heavy (non-hydrogen) atoms. The molecule has 1 fully saturated rings. The van der Waals surface area contributed by atoms with Gasteiger partial charge in [0.1, 0.15) is 0 Å². The van der Waals surface area contributed by atoms with Gasteiger partial charge in [0.25, 0.3) is 0 Å². The van der Waals surface area contributed by atoms with Crippen LogP contribution >= 0.6 is 0 Å². The second-order valence-electron chi connectivity index (χ2n) is 5.97. The van der Waals surface area contributed by atoms with Crippen molar-refractivity contribution in [1.82, 2.24) is 5.32 Å². The molecule has 0 aromatic heterocycles. The van der Waals surface area contributed by atoms with E-state index in [0.29, 0.717) is 23.3 Å². The standard InChI is InChI=1S/C16H23NO3S/c1-2-15-12(7-9-20-15)11-17-14-8-10-21(18,19)16-6-4-3-5-13(14)16/h3-6,12,14-15,17H,2,7-11H2,1H3. The number of hydrogen-bond donors (Lipinski definition) is 1. The van der Waals surface area contributed by atoms with Crippen LogP contribution in [0.2, 0.25) is 0 Å². The van der Waals surface area contributed by atoms with Crippen LogP contribution in [0.1, 0.15) is 37.8 Å². The van der Waals surface area contributed by atoms with E-state index < -0.39 is 9.84 Å². The second-order valence-corrected chi connectivity index (χ2v) is 8.05. The lowest BCUT2D eigenvalue weighted by atomic mass is 9.97. The first-order valence-electron chi connectivity index (χ1n) is 7.78. The highest BCUT2D eigenvalue weighted by Crippen LogP contribution is 2.32. The molecule has 3 rings (SSSR count). The van der Waals surface area contributed by atoms with Crippen molar-refractivity contribution in [2.24, 2.45) is 5.92 Å². The van der Waals surface area contributed by atoms with Crippen molar-refractivity contribution in [3.05, 3.63) is 29.8 Å². The molecule has 3 atom stereocenters. The molecule has 0 radical (unpaired) electrons. The highest BCUT2D eigenvalue weighted by Gasteiger charge is 2.32. The van der Waals surface area contributed by atoms with Gasteiger partial charge in [-0.1, -0.05) is 25.1 Å². The van der Waals surface area contributed by atoms with E-state index in [2.05, 4.69) is 12.2 Å². The minimum atomic E-state index is -3.09. The molecule has 0 aliphatic carbocycles. The maximum absolute atomic E-state index is 12.1. The third kappa shape index (κ3) is 3.00. The van der Waals surface area contributed by atoms with E-state index in [0.717, 1.165) is 31.6 Å². The van der Waals surface area contributed by atoms with E-state index in [1.54, 1.807) is 12.1 Å². The molecule has 4 nitrogen and oxygen atoms in total. The smallest absolute Gasteiger partial charge is 0.178 e. The Hall–Kier alpha value is -0.910. The van der Waals surface area contributed by atoms with Crippen molar-refractivity contribution >= 4 is 9.84 Å². The lowest BCUT2D eigenvalue weighted by Gasteiger charge is -2.28. The number of sulfone groups is 1. The van der Waals surface area contributed by atoms with Crippen LogP contribution in [0.15, 0.2) is 29.2 Å². The lowest BCUT2D eigenvalue weighted by molar-refractivity contribution is 0.0865. The Labute approximate surface area is 126 Å². The Kier molecular flexibility index (Phi) is 4.33. The Morgan fingerprint density at radius 1 is 1.29 bits per heavy atom. The Morgan fingerprint density at radius 2 is 2.10 bits per heavy atom. The fraction of sp³-hybridized carbons (Fsp3) is 0.625. The van der Waals surface area contributed by atoms with Crippen LogP contribution in [0.4, 0.5) is 0 Å². The van der Waals surface area contributed by atoms with Gasteiger partial charge >= 0.3 is 0 Å². The minimum Gasteiger partial charge on any atom is -0.378 e. The van der Waals surface area contributed by atoms with Crippen molar-refractivity contribution in [2.75, 3.05) is 18.9 Å². The van der Waals surface area contributed by atoms with Crippen molar-refractivity contribution in [1.29, 1.82) is 0 Å². The maximum atomic E-state index is 12.1. The molecule has 0 amide bonds. The van der Waals surface area contributed by atoms with Crippen molar-refractivity contribution < 1.29 is 13.2 Å². The summed E-state index contributed by atoms with van der Waals surface area (Å²) in [6, 6.07) is 7.53. The first-order chi connectivity index (χ1) is 10.1. The van der Waals surface area contributed by atoms with E-state index in [-0.39, 0.29) is 11.8 Å². The Balaban J connectivity index is 1.72. The number of fused-ring (bicyclic) bond motifs is 1. The summed E-state index contributed by atoms with van der Waals surface area (Å²) >= 11 is 0. The molecule has 0 spiro atoms. The van der Waals surface area contributed by atoms with Crippen LogP contribution in [0.5, 0.6) is 0 Å². The third-order valence-electron chi connectivity index (χ3n) is 4.68. The topological polar surface area (TPSA) is 55.4 Å². The summed E-state index contributed by atoms with van der Waals surface area (Å²) in [4.78, 5) is 0.503. The van der Waals surface area contributed by atoms with Gasteiger partial charge in [0.15, 0.2) is 9.84 Å². The summed E-state index contributed by atoms with van der Waals surface area (Å²) in [5.74, 6) is 0.778. The zero-order chi connectivity index (χ0) is 14.9. The van der Waals surface area contributed by atoms with E-state index in [1.807, 2.05) is 12.1 Å². The highest BCUT2D eigenvalue weighted by molar-refractivity contribution is 7.91. The van der Waals surface area contributed by atoms with Crippen molar-refractivity contribution in [3.63, 3.8) is 0 Å². The third-order valence-corrected chi connectivity index (χ3v) is 6.49. The number of rotatable bonds is 4. The van der Waals surface area contributed by atoms with Gasteiger partial charge in [0, 0.05) is 19.2 Å². The number of benzene rings is 1. The molecule has 2 aliphatic heterocycles. The van der Waals surface area contributed by atoms with E-state index in [1.165, 1.54) is 0 Å². The molecule has 2 aliphatic rings. The molecule has 1 aromatic rings. The van der Waals surface area contributed by atoms with Crippen LogP contribution in [0, 0.1) is 5.92 Å². The van der Waals surface area contributed by atoms with Crippen LogP contribution in [0.3, 0.4) is 0 Å². The van der Waals surface area contributed by atoms with Gasteiger partial charge in [-0.25, -0.2) is 8.42 Å².